The van der Waals surface area contributed by atoms with Gasteiger partial charge in [0.1, 0.15) is 0 Å². The van der Waals surface area contributed by atoms with Gasteiger partial charge in [-0.15, -0.1) is 0 Å². The zero-order chi connectivity index (χ0) is 22.8. The van der Waals surface area contributed by atoms with Gasteiger partial charge in [0.15, 0.2) is 0 Å². The number of nitrogens with zero attached hydrogens (tertiary/aromatic N) is 4. The Hall–Kier alpha value is -3.67. The van der Waals surface area contributed by atoms with Crippen molar-refractivity contribution in [2.75, 3.05) is 5.32 Å². The molecule has 164 valence electrons. The fourth-order valence-corrected chi connectivity index (χ4v) is 3.99. The summed E-state index contributed by atoms with van der Waals surface area (Å²) in [6.45, 7) is 11.3. The molecule has 0 fully saturated rings. The fraction of sp³-hybridized carbons (Fsp3) is 0.269. The Balaban J connectivity index is 1.52. The molecule has 0 saturated carbocycles. The van der Waals surface area contributed by atoms with Crippen LogP contribution in [0, 0.1) is 34.6 Å². The maximum Gasteiger partial charge on any atom is 0.255 e. The van der Waals surface area contributed by atoms with Gasteiger partial charge in [-0.25, -0.2) is 0 Å². The molecule has 0 unspecified atom stereocenters. The van der Waals surface area contributed by atoms with E-state index in [1.165, 1.54) is 11.1 Å². The third kappa shape index (κ3) is 4.49. The van der Waals surface area contributed by atoms with Crippen molar-refractivity contribution in [2.24, 2.45) is 0 Å². The van der Waals surface area contributed by atoms with E-state index in [4.69, 9.17) is 0 Å². The van der Waals surface area contributed by atoms with Crippen LogP contribution in [-0.2, 0) is 13.1 Å². The van der Waals surface area contributed by atoms with Gasteiger partial charge in [0, 0.05) is 11.3 Å². The van der Waals surface area contributed by atoms with Crippen LogP contribution in [0.4, 0.5) is 5.69 Å². The highest BCUT2D eigenvalue weighted by Crippen LogP contribution is 2.22. The number of carbonyl (C=O) groups excluding carboxylic acids is 1. The Morgan fingerprint density at radius 3 is 2.38 bits per heavy atom. The van der Waals surface area contributed by atoms with Crippen LogP contribution in [0.1, 0.15) is 49.8 Å². The Bertz CT molecular complexity index is 1280. The number of anilines is 1. The van der Waals surface area contributed by atoms with Gasteiger partial charge in [-0.05, 0) is 69.5 Å². The fourth-order valence-electron chi connectivity index (χ4n) is 3.99. The van der Waals surface area contributed by atoms with Gasteiger partial charge in [0.2, 0.25) is 0 Å². The molecule has 2 heterocycles. The van der Waals surface area contributed by atoms with Crippen molar-refractivity contribution in [1.29, 1.82) is 0 Å². The van der Waals surface area contributed by atoms with E-state index in [1.54, 1.807) is 0 Å². The molecule has 0 aliphatic carbocycles. The first-order valence-corrected chi connectivity index (χ1v) is 10.8. The number of hydrogen-bond donors (Lipinski definition) is 1. The molecule has 0 aliphatic rings. The van der Waals surface area contributed by atoms with Gasteiger partial charge in [-0.2, -0.15) is 10.2 Å². The highest BCUT2D eigenvalue weighted by Gasteiger charge is 2.16. The molecule has 6 nitrogen and oxygen atoms in total. The summed E-state index contributed by atoms with van der Waals surface area (Å²) in [5, 5.41) is 12.3. The molecule has 0 bridgehead atoms. The maximum atomic E-state index is 13.0. The second kappa shape index (κ2) is 8.83. The summed E-state index contributed by atoms with van der Waals surface area (Å²) in [5.74, 6) is -0.137. The molecule has 0 saturated heterocycles. The van der Waals surface area contributed by atoms with Crippen LogP contribution in [0.5, 0.6) is 0 Å². The average Bonchev–Trinajstić information content (AvgIpc) is 3.21. The van der Waals surface area contributed by atoms with Crippen molar-refractivity contribution < 1.29 is 4.79 Å². The topological polar surface area (TPSA) is 64.7 Å². The summed E-state index contributed by atoms with van der Waals surface area (Å²) in [4.78, 5) is 13.0. The molecule has 1 amide bonds. The first-order chi connectivity index (χ1) is 15.3. The number of rotatable bonds is 6. The summed E-state index contributed by atoms with van der Waals surface area (Å²) in [7, 11) is 0. The lowest BCUT2D eigenvalue weighted by atomic mass is 10.1. The van der Waals surface area contributed by atoms with E-state index < -0.39 is 0 Å². The van der Waals surface area contributed by atoms with E-state index in [-0.39, 0.29) is 5.91 Å². The van der Waals surface area contributed by atoms with Crippen molar-refractivity contribution in [1.82, 2.24) is 19.6 Å². The highest BCUT2D eigenvalue weighted by molar-refractivity contribution is 6.05. The maximum absolute atomic E-state index is 13.0. The molecule has 1 N–H and O–H groups in total. The summed E-state index contributed by atoms with van der Waals surface area (Å²) >= 11 is 0. The average molecular weight is 428 g/mol. The Morgan fingerprint density at radius 2 is 1.66 bits per heavy atom. The molecule has 0 radical (unpaired) electrons. The van der Waals surface area contributed by atoms with Crippen molar-refractivity contribution in [3.8, 4) is 0 Å². The Kier molecular flexibility index (Phi) is 5.95. The minimum atomic E-state index is -0.137. The van der Waals surface area contributed by atoms with Gasteiger partial charge >= 0.3 is 0 Å². The second-order valence-corrected chi connectivity index (χ2v) is 8.37. The van der Waals surface area contributed by atoms with Crippen LogP contribution in [0.15, 0.2) is 54.6 Å². The molecule has 0 aliphatic heterocycles. The van der Waals surface area contributed by atoms with Crippen LogP contribution >= 0.6 is 0 Å². The molecule has 0 atom stereocenters. The van der Waals surface area contributed by atoms with Crippen molar-refractivity contribution in [3.63, 3.8) is 0 Å². The van der Waals surface area contributed by atoms with Crippen molar-refractivity contribution in [3.05, 3.63) is 99.6 Å². The number of nitrogens with one attached hydrogen (secondary N) is 1. The molecule has 4 aromatic rings. The first-order valence-electron chi connectivity index (χ1n) is 10.8. The minimum absolute atomic E-state index is 0.137. The Morgan fingerprint density at radius 1 is 0.875 bits per heavy atom. The van der Waals surface area contributed by atoms with E-state index in [1.807, 2.05) is 73.5 Å². The quantitative estimate of drug-likeness (QED) is 0.472. The number of hydrogen-bond acceptors (Lipinski definition) is 3. The van der Waals surface area contributed by atoms with Crippen LogP contribution in [0.25, 0.3) is 0 Å². The van der Waals surface area contributed by atoms with Gasteiger partial charge in [-0.1, -0.05) is 36.4 Å². The van der Waals surface area contributed by atoms with Crippen LogP contribution < -0.4 is 5.32 Å². The lowest BCUT2D eigenvalue weighted by Gasteiger charge is -2.10. The standard InChI is InChI=1S/C26H29N5O/c1-17-9-6-7-11-24(17)16-31-21(5)25(20(4)29-31)27-26(32)23-12-8-10-22(14-23)15-30-19(3)13-18(2)28-30/h6-14H,15-16H2,1-5H3,(H,27,32). The summed E-state index contributed by atoms with van der Waals surface area (Å²) in [6, 6.07) is 18.0. The smallest absolute Gasteiger partial charge is 0.255 e. The normalized spacial score (nSPS) is 11.0. The molecule has 2 aromatic heterocycles. The van der Waals surface area contributed by atoms with Crippen LogP contribution in [0.2, 0.25) is 0 Å². The monoisotopic (exact) mass is 427 g/mol. The molecular weight excluding hydrogens is 398 g/mol. The largest absolute Gasteiger partial charge is 0.319 e. The third-order valence-corrected chi connectivity index (χ3v) is 5.83. The van der Waals surface area contributed by atoms with E-state index in [0.717, 1.165) is 34.0 Å². The molecule has 0 spiro atoms. The lowest BCUT2D eigenvalue weighted by Crippen LogP contribution is -2.14. The van der Waals surface area contributed by atoms with Crippen LogP contribution in [0.3, 0.4) is 0 Å². The van der Waals surface area contributed by atoms with Gasteiger partial charge < -0.3 is 5.32 Å². The highest BCUT2D eigenvalue weighted by atomic mass is 16.1. The van der Waals surface area contributed by atoms with E-state index >= 15 is 0 Å². The van der Waals surface area contributed by atoms with Gasteiger partial charge in [-0.3, -0.25) is 14.2 Å². The van der Waals surface area contributed by atoms with E-state index in [9.17, 15) is 4.79 Å². The summed E-state index contributed by atoms with van der Waals surface area (Å²) in [6.07, 6.45) is 0. The van der Waals surface area contributed by atoms with E-state index in [2.05, 4.69) is 40.6 Å². The number of aromatic nitrogens is 4. The third-order valence-electron chi connectivity index (χ3n) is 5.83. The Labute approximate surface area is 188 Å². The first kappa shape index (κ1) is 21.6. The minimum Gasteiger partial charge on any atom is -0.319 e. The number of amides is 1. The summed E-state index contributed by atoms with van der Waals surface area (Å²) < 4.78 is 3.91. The van der Waals surface area contributed by atoms with Gasteiger partial charge in [0.25, 0.3) is 5.91 Å². The van der Waals surface area contributed by atoms with Crippen molar-refractivity contribution in [2.45, 2.75) is 47.7 Å². The lowest BCUT2D eigenvalue weighted by molar-refractivity contribution is 0.102. The molecule has 6 heteroatoms. The number of carbonyl (C=O) groups is 1. The molecule has 4 rings (SSSR count). The van der Waals surface area contributed by atoms with Crippen LogP contribution in [-0.4, -0.2) is 25.5 Å². The van der Waals surface area contributed by atoms with E-state index in [0.29, 0.717) is 18.7 Å². The zero-order valence-corrected chi connectivity index (χ0v) is 19.3. The van der Waals surface area contributed by atoms with Crippen molar-refractivity contribution >= 4 is 11.6 Å². The molecule has 32 heavy (non-hydrogen) atoms. The predicted molar refractivity (Wildman–Crippen MR) is 127 cm³/mol. The predicted octanol–water partition coefficient (Wildman–Crippen LogP) is 4.97. The zero-order valence-electron chi connectivity index (χ0n) is 19.3. The second-order valence-electron chi connectivity index (χ2n) is 8.37. The number of benzene rings is 2. The SMILES string of the molecule is Cc1cc(C)n(Cc2cccc(C(=O)Nc3c(C)nn(Cc4ccccc4C)c3C)c2)n1. The molecule has 2 aromatic carbocycles. The number of aryl methyl sites for hydroxylation is 4. The summed E-state index contributed by atoms with van der Waals surface area (Å²) in [5.41, 5.74) is 8.71. The van der Waals surface area contributed by atoms with Gasteiger partial charge in [0.05, 0.1) is 35.9 Å². The molecular formula is C26H29N5O.